The molecule has 1 saturated heterocycles. The van der Waals surface area contributed by atoms with Crippen molar-refractivity contribution in [1.29, 1.82) is 0 Å². The SMILES string of the molecule is CC1CC(F)=C(C(C)N2CCN(C(=O)c3ccc(NS(=O)[O-])cc3)CC2)C(F)=C1F. The molecular formula is C20H23F3N3O3S-. The van der Waals surface area contributed by atoms with Crippen molar-refractivity contribution in [2.24, 2.45) is 5.92 Å². The van der Waals surface area contributed by atoms with Gasteiger partial charge in [-0.15, -0.1) is 0 Å². The van der Waals surface area contributed by atoms with Gasteiger partial charge >= 0.3 is 0 Å². The zero-order chi connectivity index (χ0) is 22.0. The highest BCUT2D eigenvalue weighted by Gasteiger charge is 2.34. The van der Waals surface area contributed by atoms with Gasteiger partial charge in [-0.3, -0.25) is 13.9 Å². The molecule has 10 heteroatoms. The molecule has 1 aliphatic carbocycles. The van der Waals surface area contributed by atoms with Gasteiger partial charge in [0.15, 0.2) is 5.83 Å². The molecular weight excluding hydrogens is 419 g/mol. The average Bonchev–Trinajstić information content (AvgIpc) is 2.72. The molecule has 6 nitrogen and oxygen atoms in total. The summed E-state index contributed by atoms with van der Waals surface area (Å²) in [7, 11) is 0. The number of hydrogen-bond acceptors (Lipinski definition) is 4. The quantitative estimate of drug-likeness (QED) is 0.709. The summed E-state index contributed by atoms with van der Waals surface area (Å²) in [5.74, 6) is -3.66. The van der Waals surface area contributed by atoms with Crippen LogP contribution in [0.15, 0.2) is 47.3 Å². The Morgan fingerprint density at radius 2 is 1.77 bits per heavy atom. The molecule has 1 heterocycles. The Hall–Kier alpha value is -2.17. The fourth-order valence-corrected chi connectivity index (χ4v) is 4.13. The summed E-state index contributed by atoms with van der Waals surface area (Å²) in [4.78, 5) is 16.1. The van der Waals surface area contributed by atoms with Gasteiger partial charge in [-0.1, -0.05) is 6.92 Å². The van der Waals surface area contributed by atoms with Gasteiger partial charge in [0.05, 0.1) is 0 Å². The zero-order valence-electron chi connectivity index (χ0n) is 16.7. The number of carbonyl (C=O) groups is 1. The van der Waals surface area contributed by atoms with Crippen molar-refractivity contribution in [2.75, 3.05) is 30.9 Å². The Morgan fingerprint density at radius 3 is 2.33 bits per heavy atom. The third-order valence-electron chi connectivity index (χ3n) is 5.56. The number of anilines is 1. The Bertz CT molecular complexity index is 896. The van der Waals surface area contributed by atoms with Crippen molar-refractivity contribution >= 4 is 22.9 Å². The lowest BCUT2D eigenvalue weighted by Gasteiger charge is -2.39. The van der Waals surface area contributed by atoms with Crippen molar-refractivity contribution < 1.29 is 26.7 Å². The maximum absolute atomic E-state index is 14.4. The lowest BCUT2D eigenvalue weighted by Crippen LogP contribution is -2.52. The van der Waals surface area contributed by atoms with Crippen LogP contribution in [0.2, 0.25) is 0 Å². The van der Waals surface area contributed by atoms with E-state index < -0.39 is 40.7 Å². The number of amides is 1. The molecule has 2 aliphatic rings. The molecule has 164 valence electrons. The van der Waals surface area contributed by atoms with Crippen molar-refractivity contribution in [3.05, 3.63) is 52.9 Å². The predicted molar refractivity (Wildman–Crippen MR) is 107 cm³/mol. The second-order valence-corrected chi connectivity index (χ2v) is 8.18. The topological polar surface area (TPSA) is 75.7 Å². The van der Waals surface area contributed by atoms with E-state index in [4.69, 9.17) is 0 Å². The number of halogens is 3. The van der Waals surface area contributed by atoms with E-state index in [0.29, 0.717) is 37.4 Å². The zero-order valence-corrected chi connectivity index (χ0v) is 17.5. The first-order chi connectivity index (χ1) is 14.2. The van der Waals surface area contributed by atoms with E-state index in [-0.39, 0.29) is 17.9 Å². The van der Waals surface area contributed by atoms with E-state index >= 15 is 0 Å². The predicted octanol–water partition coefficient (Wildman–Crippen LogP) is 3.45. The molecule has 3 rings (SSSR count). The van der Waals surface area contributed by atoms with Crippen LogP contribution in [0, 0.1) is 5.92 Å². The van der Waals surface area contributed by atoms with Crippen LogP contribution in [0.1, 0.15) is 30.6 Å². The Kier molecular flexibility index (Phi) is 6.99. The van der Waals surface area contributed by atoms with Crippen LogP contribution >= 0.6 is 0 Å². The molecule has 30 heavy (non-hydrogen) atoms. The maximum atomic E-state index is 14.4. The highest BCUT2D eigenvalue weighted by atomic mass is 32.2. The second-order valence-electron chi connectivity index (χ2n) is 7.50. The van der Waals surface area contributed by atoms with Crippen molar-refractivity contribution in [3.63, 3.8) is 0 Å². The molecule has 3 atom stereocenters. The van der Waals surface area contributed by atoms with Crippen molar-refractivity contribution in [3.8, 4) is 0 Å². The lowest BCUT2D eigenvalue weighted by atomic mass is 9.91. The van der Waals surface area contributed by atoms with Crippen LogP contribution in [-0.2, 0) is 11.3 Å². The van der Waals surface area contributed by atoms with Crippen LogP contribution in [0.3, 0.4) is 0 Å². The maximum Gasteiger partial charge on any atom is 0.253 e. The number of benzene rings is 1. The van der Waals surface area contributed by atoms with E-state index in [2.05, 4.69) is 4.72 Å². The van der Waals surface area contributed by atoms with Gasteiger partial charge in [-0.05, 0) is 31.2 Å². The molecule has 1 aliphatic heterocycles. The molecule has 0 bridgehead atoms. The summed E-state index contributed by atoms with van der Waals surface area (Å²) in [6.07, 6.45) is -0.151. The highest BCUT2D eigenvalue weighted by molar-refractivity contribution is 7.80. The minimum atomic E-state index is -2.44. The summed E-state index contributed by atoms with van der Waals surface area (Å²) in [6, 6.07) is 5.39. The number of nitrogens with zero attached hydrogens (tertiary/aromatic N) is 2. The molecule has 0 radical (unpaired) electrons. The summed E-state index contributed by atoms with van der Waals surface area (Å²) in [5.41, 5.74) is 0.520. The lowest BCUT2D eigenvalue weighted by molar-refractivity contribution is 0.0602. The normalized spacial score (nSPS) is 22.9. The van der Waals surface area contributed by atoms with E-state index in [9.17, 15) is 26.7 Å². The average molecular weight is 442 g/mol. The van der Waals surface area contributed by atoms with E-state index in [1.165, 1.54) is 31.2 Å². The molecule has 1 amide bonds. The molecule has 0 saturated carbocycles. The first kappa shape index (κ1) is 22.5. The van der Waals surface area contributed by atoms with Crippen LogP contribution in [0.4, 0.5) is 18.9 Å². The van der Waals surface area contributed by atoms with Crippen LogP contribution in [0.25, 0.3) is 0 Å². The minimum Gasteiger partial charge on any atom is -0.755 e. The van der Waals surface area contributed by atoms with Gasteiger partial charge in [0, 0.05) is 72.7 Å². The summed E-state index contributed by atoms with van der Waals surface area (Å²) >= 11 is -2.44. The fraction of sp³-hybridized carbons (Fsp3) is 0.450. The standard InChI is InChI=1S/C20H24F3N3O3S/c1-12-11-16(21)17(19(23)18(12)22)13(2)25-7-9-26(10-8-25)20(27)14-3-5-15(6-4-14)24-30(28)29/h3-6,12-13,24H,7-11H2,1-2H3,(H,28,29)/p-1. The Labute approximate surface area is 175 Å². The van der Waals surface area contributed by atoms with Gasteiger partial charge in [0.2, 0.25) is 0 Å². The van der Waals surface area contributed by atoms with Gasteiger partial charge in [-0.25, -0.2) is 13.2 Å². The summed E-state index contributed by atoms with van der Waals surface area (Å²) in [6.45, 7) is 4.58. The molecule has 1 N–H and O–H groups in total. The first-order valence-electron chi connectivity index (χ1n) is 9.62. The monoisotopic (exact) mass is 442 g/mol. The second kappa shape index (κ2) is 9.32. The molecule has 3 unspecified atom stereocenters. The molecule has 0 spiro atoms. The van der Waals surface area contributed by atoms with Gasteiger partial charge in [0.1, 0.15) is 11.7 Å². The minimum absolute atomic E-state index is 0.151. The molecule has 1 fully saturated rings. The fourth-order valence-electron chi connectivity index (χ4n) is 3.80. The molecule has 1 aromatic carbocycles. The third-order valence-corrected chi connectivity index (χ3v) is 5.96. The number of nitrogens with one attached hydrogen (secondary N) is 1. The van der Waals surface area contributed by atoms with E-state index in [0.717, 1.165) is 0 Å². The van der Waals surface area contributed by atoms with Crippen LogP contribution < -0.4 is 4.72 Å². The van der Waals surface area contributed by atoms with E-state index in [1.807, 2.05) is 4.90 Å². The van der Waals surface area contributed by atoms with Crippen molar-refractivity contribution in [2.45, 2.75) is 26.3 Å². The van der Waals surface area contributed by atoms with E-state index in [1.54, 1.807) is 11.8 Å². The van der Waals surface area contributed by atoms with Gasteiger partial charge in [-0.2, -0.15) is 0 Å². The summed E-state index contributed by atoms with van der Waals surface area (Å²) < 4.78 is 66.2. The number of carbonyl (C=O) groups excluding carboxylic acids is 1. The number of rotatable bonds is 5. The Balaban J connectivity index is 1.62. The largest absolute Gasteiger partial charge is 0.755 e. The summed E-state index contributed by atoms with van der Waals surface area (Å²) in [5, 5.41) is 0. The van der Waals surface area contributed by atoms with Crippen molar-refractivity contribution in [1.82, 2.24) is 9.80 Å². The van der Waals surface area contributed by atoms with Gasteiger partial charge in [0.25, 0.3) is 5.91 Å². The number of piperazine rings is 1. The number of hydrogen-bond donors (Lipinski definition) is 1. The molecule has 0 aromatic heterocycles. The van der Waals surface area contributed by atoms with Crippen LogP contribution in [0.5, 0.6) is 0 Å². The molecule has 1 aromatic rings. The number of allylic oxidation sites excluding steroid dienone is 2. The van der Waals surface area contributed by atoms with Gasteiger partial charge < -0.3 is 14.2 Å². The third kappa shape index (κ3) is 4.76. The van der Waals surface area contributed by atoms with Crippen LogP contribution in [-0.4, -0.2) is 56.7 Å². The Morgan fingerprint density at radius 1 is 1.17 bits per heavy atom. The first-order valence-corrected chi connectivity index (χ1v) is 10.7. The highest BCUT2D eigenvalue weighted by Crippen LogP contribution is 2.39. The smallest absolute Gasteiger partial charge is 0.253 e.